The fourth-order valence-corrected chi connectivity index (χ4v) is 2.59. The van der Waals surface area contributed by atoms with Gasteiger partial charge in [-0.3, -0.25) is 9.89 Å². The van der Waals surface area contributed by atoms with E-state index in [4.69, 9.17) is 9.47 Å². The summed E-state index contributed by atoms with van der Waals surface area (Å²) >= 11 is 0. The standard InChI is InChI=1S/C21H22N4O3/c1-14(2)28-19-6-4-5-16(11-19)21(26)25-23-13-17-12-22-24-20(17)15-7-9-18(27-3)10-8-15/h4-14H,1-3H3,(H,22,24)(H,25,26)/b23-13+. The zero-order valence-corrected chi connectivity index (χ0v) is 16.0. The monoisotopic (exact) mass is 378 g/mol. The van der Waals surface area contributed by atoms with E-state index in [9.17, 15) is 4.79 Å². The Bertz CT molecular complexity index is 962. The van der Waals surface area contributed by atoms with Gasteiger partial charge in [0.05, 0.1) is 31.3 Å². The van der Waals surface area contributed by atoms with Crippen molar-refractivity contribution in [2.24, 2.45) is 5.10 Å². The van der Waals surface area contributed by atoms with Gasteiger partial charge in [0.15, 0.2) is 0 Å². The van der Waals surface area contributed by atoms with Crippen LogP contribution in [0.1, 0.15) is 29.8 Å². The molecule has 0 aliphatic rings. The van der Waals surface area contributed by atoms with Crippen molar-refractivity contribution in [1.29, 1.82) is 0 Å². The van der Waals surface area contributed by atoms with E-state index in [1.165, 1.54) is 0 Å². The largest absolute Gasteiger partial charge is 0.497 e. The van der Waals surface area contributed by atoms with Crippen LogP contribution in [0.3, 0.4) is 0 Å². The number of ether oxygens (including phenoxy) is 2. The lowest BCUT2D eigenvalue weighted by Crippen LogP contribution is -2.17. The van der Waals surface area contributed by atoms with Gasteiger partial charge in [0.1, 0.15) is 11.5 Å². The third kappa shape index (κ3) is 4.76. The molecule has 0 aliphatic carbocycles. The van der Waals surface area contributed by atoms with Crippen molar-refractivity contribution in [3.8, 4) is 22.8 Å². The number of hydrazone groups is 1. The molecule has 0 saturated carbocycles. The first-order chi connectivity index (χ1) is 13.6. The molecule has 0 radical (unpaired) electrons. The number of carbonyl (C=O) groups is 1. The second-order valence-corrected chi connectivity index (χ2v) is 6.32. The Morgan fingerprint density at radius 2 is 1.96 bits per heavy atom. The van der Waals surface area contributed by atoms with Crippen molar-refractivity contribution in [3.63, 3.8) is 0 Å². The van der Waals surface area contributed by atoms with E-state index in [0.29, 0.717) is 11.3 Å². The van der Waals surface area contributed by atoms with E-state index >= 15 is 0 Å². The Hall–Kier alpha value is -3.61. The van der Waals surface area contributed by atoms with E-state index in [-0.39, 0.29) is 12.0 Å². The molecule has 0 bridgehead atoms. The first-order valence-corrected chi connectivity index (χ1v) is 8.84. The molecule has 7 heteroatoms. The van der Waals surface area contributed by atoms with E-state index in [0.717, 1.165) is 22.6 Å². The fourth-order valence-electron chi connectivity index (χ4n) is 2.59. The predicted molar refractivity (Wildman–Crippen MR) is 108 cm³/mol. The fraction of sp³-hybridized carbons (Fsp3) is 0.190. The SMILES string of the molecule is COc1ccc(-c2[nH]ncc2/C=N/NC(=O)c2cccc(OC(C)C)c2)cc1. The van der Waals surface area contributed by atoms with Crippen LogP contribution >= 0.6 is 0 Å². The average Bonchev–Trinajstić information content (AvgIpc) is 3.16. The van der Waals surface area contributed by atoms with Crippen molar-refractivity contribution in [2.75, 3.05) is 7.11 Å². The van der Waals surface area contributed by atoms with Crippen LogP contribution in [0, 0.1) is 0 Å². The smallest absolute Gasteiger partial charge is 0.271 e. The van der Waals surface area contributed by atoms with Gasteiger partial charge >= 0.3 is 0 Å². The lowest BCUT2D eigenvalue weighted by molar-refractivity contribution is 0.0954. The van der Waals surface area contributed by atoms with Gasteiger partial charge in [-0.05, 0) is 56.3 Å². The number of aromatic nitrogens is 2. The number of carbonyl (C=O) groups excluding carboxylic acids is 1. The number of nitrogens with one attached hydrogen (secondary N) is 2. The van der Waals surface area contributed by atoms with Crippen LogP contribution in [0.4, 0.5) is 0 Å². The minimum Gasteiger partial charge on any atom is -0.497 e. The minimum absolute atomic E-state index is 0.0359. The van der Waals surface area contributed by atoms with Crippen molar-refractivity contribution in [3.05, 3.63) is 65.9 Å². The number of H-pyrrole nitrogens is 1. The quantitative estimate of drug-likeness (QED) is 0.485. The molecule has 0 spiro atoms. The maximum Gasteiger partial charge on any atom is 0.271 e. The topological polar surface area (TPSA) is 88.6 Å². The Labute approximate surface area is 163 Å². The summed E-state index contributed by atoms with van der Waals surface area (Å²) < 4.78 is 10.8. The molecule has 7 nitrogen and oxygen atoms in total. The summed E-state index contributed by atoms with van der Waals surface area (Å²) in [5.41, 5.74) is 5.48. The molecular weight excluding hydrogens is 356 g/mol. The Balaban J connectivity index is 1.68. The molecule has 1 heterocycles. The maximum absolute atomic E-state index is 12.3. The van der Waals surface area contributed by atoms with Gasteiger partial charge < -0.3 is 9.47 Å². The normalized spacial score (nSPS) is 11.0. The summed E-state index contributed by atoms with van der Waals surface area (Å²) in [6, 6.07) is 14.5. The summed E-state index contributed by atoms with van der Waals surface area (Å²) in [4.78, 5) is 12.3. The van der Waals surface area contributed by atoms with Gasteiger partial charge in [-0.15, -0.1) is 0 Å². The summed E-state index contributed by atoms with van der Waals surface area (Å²) in [5, 5.41) is 11.1. The Morgan fingerprint density at radius 3 is 2.68 bits per heavy atom. The number of rotatable bonds is 7. The zero-order chi connectivity index (χ0) is 19.9. The minimum atomic E-state index is -0.319. The number of amides is 1. The van der Waals surface area contributed by atoms with E-state index in [1.54, 1.807) is 37.7 Å². The first-order valence-electron chi connectivity index (χ1n) is 8.84. The van der Waals surface area contributed by atoms with Crippen molar-refractivity contribution in [2.45, 2.75) is 20.0 Å². The van der Waals surface area contributed by atoms with Crippen molar-refractivity contribution < 1.29 is 14.3 Å². The maximum atomic E-state index is 12.3. The lowest BCUT2D eigenvalue weighted by Gasteiger charge is -2.10. The molecule has 1 amide bonds. The van der Waals surface area contributed by atoms with Gasteiger partial charge in [0.25, 0.3) is 5.91 Å². The molecule has 3 rings (SSSR count). The molecule has 0 saturated heterocycles. The number of methoxy groups -OCH3 is 1. The van der Waals surface area contributed by atoms with Gasteiger partial charge in [-0.1, -0.05) is 6.07 Å². The van der Waals surface area contributed by atoms with Gasteiger partial charge in [-0.2, -0.15) is 10.2 Å². The molecule has 2 aromatic carbocycles. The van der Waals surface area contributed by atoms with E-state index in [2.05, 4.69) is 20.7 Å². The molecule has 0 fully saturated rings. The number of nitrogens with zero attached hydrogens (tertiary/aromatic N) is 2. The summed E-state index contributed by atoms with van der Waals surface area (Å²) in [5.74, 6) is 1.10. The molecule has 0 atom stereocenters. The predicted octanol–water partition coefficient (Wildman–Crippen LogP) is 3.64. The van der Waals surface area contributed by atoms with Crippen LogP contribution in [0.2, 0.25) is 0 Å². The molecule has 0 aliphatic heterocycles. The molecule has 28 heavy (non-hydrogen) atoms. The third-order valence-electron chi connectivity index (χ3n) is 3.89. The van der Waals surface area contributed by atoms with Gasteiger partial charge in [0.2, 0.25) is 0 Å². The van der Waals surface area contributed by atoms with Gasteiger partial charge in [0, 0.05) is 16.7 Å². The number of hydrogen-bond acceptors (Lipinski definition) is 5. The summed E-state index contributed by atoms with van der Waals surface area (Å²) in [6.07, 6.45) is 3.23. The average molecular weight is 378 g/mol. The number of hydrogen-bond donors (Lipinski definition) is 2. The van der Waals surface area contributed by atoms with Crippen LogP contribution in [-0.4, -0.2) is 35.5 Å². The first kappa shape index (κ1) is 19.2. The van der Waals surface area contributed by atoms with Crippen molar-refractivity contribution >= 4 is 12.1 Å². The second kappa shape index (κ2) is 8.85. The summed E-state index contributed by atoms with van der Waals surface area (Å²) in [6.45, 7) is 3.87. The lowest BCUT2D eigenvalue weighted by atomic mass is 10.1. The molecular formula is C21H22N4O3. The van der Waals surface area contributed by atoms with Crippen LogP contribution < -0.4 is 14.9 Å². The second-order valence-electron chi connectivity index (χ2n) is 6.32. The highest BCUT2D eigenvalue weighted by atomic mass is 16.5. The molecule has 1 aromatic heterocycles. The highest BCUT2D eigenvalue weighted by Gasteiger charge is 2.08. The summed E-state index contributed by atoms with van der Waals surface area (Å²) in [7, 11) is 1.62. The number of benzene rings is 2. The van der Waals surface area contributed by atoms with Crippen LogP contribution in [-0.2, 0) is 0 Å². The highest BCUT2D eigenvalue weighted by Crippen LogP contribution is 2.22. The molecule has 2 N–H and O–H groups in total. The van der Waals surface area contributed by atoms with E-state index < -0.39 is 0 Å². The molecule has 0 unspecified atom stereocenters. The zero-order valence-electron chi connectivity index (χ0n) is 16.0. The van der Waals surface area contributed by atoms with Gasteiger partial charge in [-0.25, -0.2) is 5.43 Å². The van der Waals surface area contributed by atoms with Crippen molar-refractivity contribution in [1.82, 2.24) is 15.6 Å². The number of aromatic amines is 1. The van der Waals surface area contributed by atoms with E-state index in [1.807, 2.05) is 44.2 Å². The third-order valence-corrected chi connectivity index (χ3v) is 3.89. The van der Waals surface area contributed by atoms with Crippen LogP contribution in [0.5, 0.6) is 11.5 Å². The molecule has 144 valence electrons. The molecule has 3 aromatic rings. The Kier molecular flexibility index (Phi) is 6.06. The van der Waals surface area contributed by atoms with Crippen LogP contribution in [0.25, 0.3) is 11.3 Å². The Morgan fingerprint density at radius 1 is 1.18 bits per heavy atom. The highest BCUT2D eigenvalue weighted by molar-refractivity contribution is 5.96. The van der Waals surface area contributed by atoms with Crippen LogP contribution in [0.15, 0.2) is 59.8 Å².